The number of aryl methyl sites for hydroxylation is 1. The van der Waals surface area contributed by atoms with Crippen LogP contribution in [0.3, 0.4) is 0 Å². The van der Waals surface area contributed by atoms with Crippen LogP contribution in [0.25, 0.3) is 0 Å². The van der Waals surface area contributed by atoms with Gasteiger partial charge in [0, 0.05) is 189 Å². The maximum absolute atomic E-state index is 12.9. The minimum absolute atomic E-state index is 0. The number of nitrogens with two attached hydrogens (primary N) is 2. The van der Waals surface area contributed by atoms with E-state index in [2.05, 4.69) is 114 Å². The van der Waals surface area contributed by atoms with Crippen molar-refractivity contribution >= 4 is 130 Å². The van der Waals surface area contributed by atoms with Crippen LogP contribution in [0.4, 0.5) is 61.7 Å². The number of likely N-dealkylation sites (tertiary alicyclic amines) is 4. The number of benzene rings is 8. The van der Waals surface area contributed by atoms with Crippen molar-refractivity contribution in [3.05, 3.63) is 228 Å². The minimum atomic E-state index is -0.894. The Morgan fingerprint density at radius 1 is 0.390 bits per heavy atom. The van der Waals surface area contributed by atoms with Crippen LogP contribution in [0.2, 0.25) is 0 Å². The molecule has 31 nitrogen and oxygen atoms in total. The van der Waals surface area contributed by atoms with Crippen LogP contribution >= 0.6 is 37.2 Å². The van der Waals surface area contributed by atoms with E-state index >= 15 is 0 Å². The third-order valence-electron chi connectivity index (χ3n) is 25.6. The van der Waals surface area contributed by atoms with Crippen molar-refractivity contribution in [3.63, 3.8) is 0 Å². The Bertz CT molecular complexity index is 5160. The number of nitrogens with zero attached hydrogens (tertiary/aromatic N) is 9. The molecule has 0 saturated carbocycles. The Morgan fingerprint density at radius 2 is 0.630 bits per heavy atom. The van der Waals surface area contributed by atoms with Crippen molar-refractivity contribution in [3.8, 4) is 0 Å². The molecule has 0 unspecified atom stereocenters. The number of β-amino-alcohol motifs (C(OH)–C–C–N with tert-alkyl or cyclic N) is 4. The number of epoxide rings is 1. The van der Waals surface area contributed by atoms with Crippen LogP contribution in [0.5, 0.6) is 0 Å². The summed E-state index contributed by atoms with van der Waals surface area (Å²) in [6.07, 6.45) is 10.2. The Morgan fingerprint density at radius 3 is 0.870 bits per heavy atom. The van der Waals surface area contributed by atoms with Gasteiger partial charge in [0.2, 0.25) is 0 Å². The molecular formula is C111H167Cl3N15NaO16. The zero-order chi connectivity index (χ0) is 104. The molecular weight excluding hydrogens is 1930 g/mol. The van der Waals surface area contributed by atoms with E-state index in [0.29, 0.717) is 100 Å². The third-order valence-corrected chi connectivity index (χ3v) is 25.6. The van der Waals surface area contributed by atoms with Crippen LogP contribution in [-0.4, -0.2) is 298 Å². The fourth-order valence-electron chi connectivity index (χ4n) is 17.6. The van der Waals surface area contributed by atoms with E-state index in [0.717, 1.165) is 182 Å². The Hall–Kier alpha value is -9.59. The summed E-state index contributed by atoms with van der Waals surface area (Å²) in [7, 11) is 13.3. The molecule has 0 radical (unpaired) electrons. The van der Waals surface area contributed by atoms with Gasteiger partial charge in [0.25, 0.3) is 11.8 Å². The molecule has 0 aliphatic carbocycles. The quantitative estimate of drug-likeness (QED) is 0.00788. The molecule has 6 aliphatic heterocycles. The van der Waals surface area contributed by atoms with E-state index in [1.54, 1.807) is 81.4 Å². The van der Waals surface area contributed by atoms with E-state index in [1.807, 2.05) is 196 Å². The molecule has 14 rings (SSSR count). The minimum Gasteiger partial charge on any atom is -0.870 e. The summed E-state index contributed by atoms with van der Waals surface area (Å²) in [5.41, 5.74) is 20.6. The number of rotatable bonds is 26. The van der Waals surface area contributed by atoms with E-state index in [4.69, 9.17) is 35.5 Å². The van der Waals surface area contributed by atoms with Gasteiger partial charge in [-0.2, -0.15) is 0 Å². The van der Waals surface area contributed by atoms with Crippen LogP contribution in [0.15, 0.2) is 194 Å². The summed E-state index contributed by atoms with van der Waals surface area (Å²) in [4.78, 5) is 92.0. The molecule has 6 heterocycles. The van der Waals surface area contributed by atoms with E-state index < -0.39 is 40.1 Å². The summed E-state index contributed by atoms with van der Waals surface area (Å²) >= 11 is 0. The zero-order valence-electron chi connectivity index (χ0n) is 90.2. The van der Waals surface area contributed by atoms with Gasteiger partial charge >= 0.3 is 53.6 Å². The molecule has 14 N–H and O–H groups in total. The second kappa shape index (κ2) is 61.5. The number of methoxy groups -OCH3 is 2. The van der Waals surface area contributed by atoms with Crippen molar-refractivity contribution < 1.29 is 108 Å². The monoisotopic (exact) mass is 2090 g/mol. The molecule has 804 valence electrons. The Labute approximate surface area is 908 Å². The summed E-state index contributed by atoms with van der Waals surface area (Å²) in [6, 6.07) is 61.9. The standard InChI is InChI=1S/C28H40N4O4.C23H32N4O2.C18H28N2O3.C17H26N2O3.C14H20N2O2.C7H9N.C4H8O.3ClH.Na.H2O/c1-27(2,3)36-26(34)30-24-10-8-7-9-23(24)29-25(33)20-11-13-21(14-12-20)31(6)22-15-17-32(18-16-22)19-28(4,5)35;1-23(2,29)16-27-14-12-19(13-15-27)26(3)18-10-8-17(9-11-18)22(28)25-21-7-5-4-6-20(21)24;1-18(2,22)13-20-11-9-16(10-12-20)19(3)15-7-5-14(6-8-15)17(21)23-4;1-17(2,22)12-19-10-8-15(9-11-19)18(3)14-6-4-13(5-7-14)16(20)21;1-16(13-7-9-15-10-8-13)12-5-3-11(4-6-12)14(17)18-2;1-6-4-2-3-5-7(6)8;1-4(2)3-5-4;;;;;/h7-14,22,35H,15-19H2,1-6H3,(H,29,33)(H,30,34);4-11,19,29H,12-16,24H2,1-3H3,(H,25,28);5-8,16,22H,9-13H2,1-4H3;4-7,15,22H,8-12H2,1-3H3,(H,20,21);3-6,13,15H,7-10H2,1-2H3;2-5H,8H2,1H3;3H2,1-2H3;3*1H;;1H2/q;;;;;;;;;;+1;/p-1. The third kappa shape index (κ3) is 46.3. The molecule has 146 heavy (non-hydrogen) atoms. The van der Waals surface area contributed by atoms with Gasteiger partial charge in [-0.3, -0.25) is 14.9 Å². The number of hydrogen-bond acceptors (Lipinski definition) is 27. The number of aromatic carboxylic acids is 1. The number of carboxylic acids is 1. The van der Waals surface area contributed by atoms with E-state index in [9.17, 15) is 49.2 Å². The van der Waals surface area contributed by atoms with Gasteiger partial charge in [-0.25, -0.2) is 19.2 Å². The van der Waals surface area contributed by atoms with Crippen molar-refractivity contribution in [1.29, 1.82) is 0 Å². The summed E-state index contributed by atoms with van der Waals surface area (Å²) < 4.78 is 19.6. The first kappa shape index (κ1) is 131. The van der Waals surface area contributed by atoms with E-state index in [-0.39, 0.29) is 102 Å². The summed E-state index contributed by atoms with van der Waals surface area (Å²) in [6.45, 7) is 40.1. The smallest absolute Gasteiger partial charge is 0.870 e. The first-order chi connectivity index (χ1) is 66.3. The van der Waals surface area contributed by atoms with Gasteiger partial charge in [0.05, 0.1) is 88.3 Å². The summed E-state index contributed by atoms with van der Waals surface area (Å²) in [5, 5.41) is 60.7. The fourth-order valence-corrected chi connectivity index (χ4v) is 17.6. The number of aliphatic hydroxyl groups is 4. The predicted molar refractivity (Wildman–Crippen MR) is 595 cm³/mol. The number of esters is 2. The number of hydrogen-bond donors (Lipinski definition) is 11. The van der Waals surface area contributed by atoms with Crippen molar-refractivity contribution in [1.82, 2.24) is 24.9 Å². The fraction of sp³-hybridized carbons (Fsp3) is 0.514. The molecule has 0 spiro atoms. The topological polar surface area (TPSA) is 403 Å². The SMILES string of the molecule is CC1(C)CO1.CN(c1ccc(C(=O)Nc2ccccc2N)cc1)C1CCN(CC(C)(C)O)CC1.CN(c1ccc(C(=O)Nc2ccccc2NC(=O)OC(C)(C)C)cc1)C1CCN(CC(C)(C)O)CC1.CN(c1ccc(C(=O)O)cc1)C1CCN(CC(C)(C)O)CC1.COC(=O)c1ccc(N(C)C2CCN(CC(C)(C)O)CC2)cc1.COC(=O)c1ccc(N(C)C2CCNCC2)cc1.Cc1ccccc1N.Cl.Cl.Cl.[Na+].[OH-]. The Balaban J connectivity index is 0.000000456. The maximum atomic E-state index is 12.9. The Kier molecular flexibility index (Phi) is 55.0. The molecule has 6 aliphatic rings. The molecule has 0 atom stereocenters. The van der Waals surface area contributed by atoms with Gasteiger partial charge in [0.1, 0.15) is 5.60 Å². The maximum Gasteiger partial charge on any atom is 1.00 e. The van der Waals surface area contributed by atoms with Crippen LogP contribution < -0.4 is 86.8 Å². The molecule has 6 fully saturated rings. The van der Waals surface area contributed by atoms with Crippen molar-refractivity contribution in [2.24, 2.45) is 0 Å². The number of carbonyl (C=O) groups excluding carboxylic acids is 5. The molecule has 0 bridgehead atoms. The predicted octanol–water partition coefficient (Wildman–Crippen LogP) is 14.5. The average Bonchev–Trinajstić information content (AvgIpc) is 1.46. The number of piperidine rings is 5. The number of anilines is 10. The summed E-state index contributed by atoms with van der Waals surface area (Å²) in [5.74, 6) is -1.92. The number of carbonyl (C=O) groups is 6. The van der Waals surface area contributed by atoms with Crippen LogP contribution in [0, 0.1) is 6.92 Å². The van der Waals surface area contributed by atoms with Gasteiger partial charge in [-0.05, 0) is 331 Å². The first-order valence-corrected chi connectivity index (χ1v) is 49.4. The van der Waals surface area contributed by atoms with Gasteiger partial charge in [-0.1, -0.05) is 42.5 Å². The molecule has 8 aromatic carbocycles. The second-order valence-electron chi connectivity index (χ2n) is 41.9. The normalized spacial score (nSPS) is 15.8. The molecule has 6 saturated heterocycles. The number of carboxylic acid groups (broad SMARTS) is 1. The number of amides is 3. The number of halogens is 3. The van der Waals surface area contributed by atoms with Crippen LogP contribution in [-0.2, 0) is 18.9 Å². The molecule has 35 heteroatoms. The average molecular weight is 2100 g/mol. The van der Waals surface area contributed by atoms with Crippen molar-refractivity contribution in [2.75, 3.05) is 200 Å². The van der Waals surface area contributed by atoms with E-state index in [1.165, 1.54) is 14.2 Å². The van der Waals surface area contributed by atoms with Crippen molar-refractivity contribution in [2.45, 2.75) is 225 Å². The van der Waals surface area contributed by atoms with Gasteiger partial charge < -0.3 is 121 Å². The second-order valence-corrected chi connectivity index (χ2v) is 41.9. The van der Waals surface area contributed by atoms with Gasteiger partial charge in [-0.15, -0.1) is 37.2 Å². The number of para-hydroxylation sites is 5. The van der Waals surface area contributed by atoms with Gasteiger partial charge in [0.15, 0.2) is 0 Å². The number of nitrogens with one attached hydrogen (secondary N) is 4. The molecule has 0 aromatic heterocycles. The molecule has 8 aromatic rings. The number of ether oxygens (including phenoxy) is 4. The largest absolute Gasteiger partial charge is 1.00 e. The van der Waals surface area contributed by atoms with Crippen LogP contribution in [0.1, 0.15) is 212 Å². The first-order valence-electron chi connectivity index (χ1n) is 49.4. The molecule has 3 amide bonds. The number of nitrogen functional groups attached to an aromatic ring is 2. The zero-order valence-corrected chi connectivity index (χ0v) is 94.7.